The number of benzene rings is 1. The lowest BCUT2D eigenvalue weighted by Gasteiger charge is -2.42. The Kier molecular flexibility index (Phi) is 8.17. The molecule has 1 aromatic rings. The number of rotatable bonds is 5. The Balaban J connectivity index is 0.000000429. The van der Waals surface area contributed by atoms with Crippen LogP contribution >= 0.6 is 0 Å². The molecule has 1 spiro atoms. The molecular weight excluding hydrogens is 487 g/mol. The average molecular weight is 520 g/mol. The standard InChI is InChI=1S/C21H31N3O3S.C2HF3O2/c1-3-16(2)13-23-14-18-19(15-23)21(22-20(18)25)9-11-24(12-10-21)28(26,27)17-7-5-4-6-8-17;3-2(4,5)1(6)7/h4-8,16,18-19H,3,9-15H2,1-2H3,(H,22,25);(H,6,7)/t16?,18-,19+;/m1./s1. The van der Waals surface area contributed by atoms with Crippen LogP contribution in [0.3, 0.4) is 0 Å². The van der Waals surface area contributed by atoms with Gasteiger partial charge in [-0.25, -0.2) is 13.2 Å². The van der Waals surface area contributed by atoms with Crippen molar-refractivity contribution in [2.75, 3.05) is 32.7 Å². The van der Waals surface area contributed by atoms with Crippen molar-refractivity contribution in [1.82, 2.24) is 14.5 Å². The number of carboxylic acids is 1. The maximum Gasteiger partial charge on any atom is 0.490 e. The van der Waals surface area contributed by atoms with Crippen molar-refractivity contribution >= 4 is 21.9 Å². The molecule has 1 amide bonds. The molecule has 35 heavy (non-hydrogen) atoms. The van der Waals surface area contributed by atoms with Crippen molar-refractivity contribution in [2.24, 2.45) is 17.8 Å². The molecule has 3 saturated heterocycles. The molecule has 3 atom stereocenters. The second-order valence-corrected chi connectivity index (χ2v) is 11.5. The quantitative estimate of drug-likeness (QED) is 0.619. The third kappa shape index (κ3) is 5.97. The molecule has 0 aliphatic carbocycles. The highest BCUT2D eigenvalue weighted by Gasteiger charge is 2.57. The van der Waals surface area contributed by atoms with Crippen molar-refractivity contribution < 1.29 is 36.3 Å². The number of carbonyl (C=O) groups is 2. The van der Waals surface area contributed by atoms with Gasteiger partial charge in [-0.15, -0.1) is 0 Å². The molecular formula is C23H32F3N3O5S. The monoisotopic (exact) mass is 519 g/mol. The predicted octanol–water partition coefficient (Wildman–Crippen LogP) is 2.57. The Morgan fingerprint density at radius 2 is 1.77 bits per heavy atom. The number of aliphatic carboxylic acids is 1. The van der Waals surface area contributed by atoms with Crippen LogP contribution in [0.15, 0.2) is 35.2 Å². The van der Waals surface area contributed by atoms with Crippen molar-refractivity contribution in [3.63, 3.8) is 0 Å². The summed E-state index contributed by atoms with van der Waals surface area (Å²) in [4.78, 5) is 24.3. The van der Waals surface area contributed by atoms with Gasteiger partial charge in [0.25, 0.3) is 0 Å². The fraction of sp³-hybridized carbons (Fsp3) is 0.652. The molecule has 3 aliphatic rings. The molecule has 1 aromatic carbocycles. The van der Waals surface area contributed by atoms with E-state index in [-0.39, 0.29) is 17.4 Å². The van der Waals surface area contributed by atoms with Crippen LogP contribution in [0, 0.1) is 17.8 Å². The van der Waals surface area contributed by atoms with Crippen LogP contribution in [0.2, 0.25) is 0 Å². The number of hydrogen-bond donors (Lipinski definition) is 2. The topological polar surface area (TPSA) is 107 Å². The zero-order chi connectivity index (χ0) is 26.0. The Hall–Kier alpha value is -2.18. The van der Waals surface area contributed by atoms with E-state index < -0.39 is 22.2 Å². The first-order valence-electron chi connectivity index (χ1n) is 11.7. The summed E-state index contributed by atoms with van der Waals surface area (Å²) >= 11 is 0. The summed E-state index contributed by atoms with van der Waals surface area (Å²) in [6, 6.07) is 8.63. The van der Waals surface area contributed by atoms with Crippen LogP contribution < -0.4 is 5.32 Å². The van der Waals surface area contributed by atoms with Crippen molar-refractivity contribution in [3.05, 3.63) is 30.3 Å². The van der Waals surface area contributed by atoms with E-state index in [2.05, 4.69) is 24.1 Å². The number of sulfonamides is 1. The number of carbonyl (C=O) groups excluding carboxylic acids is 1. The smallest absolute Gasteiger partial charge is 0.475 e. The van der Waals surface area contributed by atoms with Crippen LogP contribution in [0.25, 0.3) is 0 Å². The number of amides is 1. The van der Waals surface area contributed by atoms with Crippen LogP contribution in [-0.2, 0) is 19.6 Å². The fourth-order valence-electron chi connectivity index (χ4n) is 5.22. The van der Waals surface area contributed by atoms with E-state index >= 15 is 0 Å². The molecule has 12 heteroatoms. The van der Waals surface area contributed by atoms with E-state index in [4.69, 9.17) is 9.90 Å². The first-order valence-corrected chi connectivity index (χ1v) is 13.1. The minimum atomic E-state index is -5.08. The lowest BCUT2D eigenvalue weighted by molar-refractivity contribution is -0.192. The third-order valence-electron chi connectivity index (χ3n) is 7.32. The van der Waals surface area contributed by atoms with Crippen molar-refractivity contribution in [1.29, 1.82) is 0 Å². The number of halogens is 3. The molecule has 8 nitrogen and oxygen atoms in total. The number of likely N-dealkylation sites (tertiary alicyclic amines) is 1. The lowest BCUT2D eigenvalue weighted by Crippen LogP contribution is -2.56. The van der Waals surface area contributed by atoms with Crippen molar-refractivity contribution in [2.45, 2.75) is 49.7 Å². The van der Waals surface area contributed by atoms with Crippen LogP contribution in [0.1, 0.15) is 33.1 Å². The van der Waals surface area contributed by atoms with Crippen LogP contribution in [-0.4, -0.2) is 79.0 Å². The Morgan fingerprint density at radius 1 is 1.20 bits per heavy atom. The number of hydrogen-bond acceptors (Lipinski definition) is 5. The van der Waals surface area contributed by atoms with E-state index in [0.29, 0.717) is 42.7 Å². The number of fused-ring (bicyclic) bond motifs is 2. The highest BCUT2D eigenvalue weighted by Crippen LogP contribution is 2.44. The first-order chi connectivity index (χ1) is 16.3. The fourth-order valence-corrected chi connectivity index (χ4v) is 6.69. The minimum Gasteiger partial charge on any atom is -0.475 e. The zero-order valence-corrected chi connectivity index (χ0v) is 20.6. The molecule has 3 heterocycles. The van der Waals surface area contributed by atoms with Gasteiger partial charge in [-0.3, -0.25) is 4.79 Å². The molecule has 3 aliphatic heterocycles. The number of nitrogens with zero attached hydrogens (tertiary/aromatic N) is 2. The number of piperidine rings is 1. The van der Waals surface area contributed by atoms with Gasteiger partial charge in [0, 0.05) is 44.2 Å². The SMILES string of the molecule is CCC(C)CN1C[C@H]2C(=O)NC3(CCN(S(=O)(=O)c4ccccc4)CC3)[C@H]2C1.O=C(O)C(F)(F)F. The summed E-state index contributed by atoms with van der Waals surface area (Å²) < 4.78 is 59.2. The van der Waals surface area contributed by atoms with E-state index in [1.807, 2.05) is 6.07 Å². The second kappa shape index (κ2) is 10.4. The molecule has 196 valence electrons. The van der Waals surface area contributed by atoms with E-state index in [9.17, 15) is 26.4 Å². The van der Waals surface area contributed by atoms with Gasteiger partial charge < -0.3 is 15.3 Å². The van der Waals surface area contributed by atoms with E-state index in [1.54, 1.807) is 28.6 Å². The zero-order valence-electron chi connectivity index (χ0n) is 19.8. The summed E-state index contributed by atoms with van der Waals surface area (Å²) in [5.74, 6) is -1.61. The summed E-state index contributed by atoms with van der Waals surface area (Å²) in [5.41, 5.74) is -0.241. The molecule has 1 unspecified atom stereocenters. The van der Waals surface area contributed by atoms with Gasteiger partial charge in [-0.05, 0) is 30.9 Å². The third-order valence-corrected chi connectivity index (χ3v) is 9.23. The maximum atomic E-state index is 12.9. The molecule has 0 aromatic heterocycles. The van der Waals surface area contributed by atoms with Gasteiger partial charge in [0.15, 0.2) is 0 Å². The van der Waals surface area contributed by atoms with E-state index in [1.165, 1.54) is 0 Å². The largest absolute Gasteiger partial charge is 0.490 e. The number of carboxylic acid groups (broad SMARTS) is 1. The summed E-state index contributed by atoms with van der Waals surface area (Å²) in [6.45, 7) is 8.23. The van der Waals surface area contributed by atoms with Gasteiger partial charge in [0.05, 0.1) is 10.8 Å². The summed E-state index contributed by atoms with van der Waals surface area (Å²) in [6.07, 6.45) is -2.54. The van der Waals surface area contributed by atoms with Gasteiger partial charge in [0.1, 0.15) is 0 Å². The summed E-state index contributed by atoms with van der Waals surface area (Å²) in [5, 5.41) is 10.4. The summed E-state index contributed by atoms with van der Waals surface area (Å²) in [7, 11) is -3.46. The highest BCUT2D eigenvalue weighted by molar-refractivity contribution is 7.89. The molecule has 0 radical (unpaired) electrons. The molecule has 0 bridgehead atoms. The second-order valence-electron chi connectivity index (χ2n) is 9.61. The van der Waals surface area contributed by atoms with E-state index in [0.717, 1.165) is 26.1 Å². The van der Waals surface area contributed by atoms with Gasteiger partial charge in [-0.1, -0.05) is 38.5 Å². The number of alkyl halides is 3. The molecule has 2 N–H and O–H groups in total. The highest BCUT2D eigenvalue weighted by atomic mass is 32.2. The Morgan fingerprint density at radius 3 is 2.29 bits per heavy atom. The van der Waals surface area contributed by atoms with Gasteiger partial charge >= 0.3 is 12.1 Å². The van der Waals surface area contributed by atoms with Crippen LogP contribution in [0.5, 0.6) is 0 Å². The predicted molar refractivity (Wildman–Crippen MR) is 122 cm³/mol. The molecule has 4 rings (SSSR count). The maximum absolute atomic E-state index is 12.9. The lowest BCUT2D eigenvalue weighted by atomic mass is 9.76. The van der Waals surface area contributed by atoms with Gasteiger partial charge in [-0.2, -0.15) is 17.5 Å². The molecule has 3 fully saturated rings. The Bertz CT molecular complexity index is 1010. The molecule has 0 saturated carbocycles. The number of nitrogens with one attached hydrogen (secondary N) is 1. The Labute approximate surface area is 203 Å². The normalized spacial score (nSPS) is 25.5. The first kappa shape index (κ1) is 27.4. The van der Waals surface area contributed by atoms with Crippen molar-refractivity contribution in [3.8, 4) is 0 Å². The van der Waals surface area contributed by atoms with Gasteiger partial charge in [0.2, 0.25) is 15.9 Å². The van der Waals surface area contributed by atoms with Crippen LogP contribution in [0.4, 0.5) is 13.2 Å². The minimum absolute atomic E-state index is 0.0568. The average Bonchev–Trinajstić information content (AvgIpc) is 3.33.